The molecule has 0 aromatic heterocycles. The summed E-state index contributed by atoms with van der Waals surface area (Å²) in [6.07, 6.45) is 2.73. The van der Waals surface area contributed by atoms with E-state index < -0.39 is 0 Å². The predicted octanol–water partition coefficient (Wildman–Crippen LogP) is 2.45. The SMILES string of the molecule is COCCOC(CNC1CC1)c1ccc(C)cc1. The van der Waals surface area contributed by atoms with E-state index in [9.17, 15) is 0 Å². The lowest BCUT2D eigenvalue weighted by Crippen LogP contribution is -2.26. The van der Waals surface area contributed by atoms with Crippen molar-refractivity contribution in [2.24, 2.45) is 0 Å². The topological polar surface area (TPSA) is 30.5 Å². The van der Waals surface area contributed by atoms with Crippen LogP contribution in [-0.4, -0.2) is 32.9 Å². The van der Waals surface area contributed by atoms with E-state index in [-0.39, 0.29) is 6.10 Å². The van der Waals surface area contributed by atoms with Gasteiger partial charge >= 0.3 is 0 Å². The van der Waals surface area contributed by atoms with Crippen LogP contribution in [-0.2, 0) is 9.47 Å². The van der Waals surface area contributed by atoms with Gasteiger partial charge in [-0.1, -0.05) is 29.8 Å². The Bertz CT molecular complexity index is 346. The van der Waals surface area contributed by atoms with Crippen molar-refractivity contribution in [3.05, 3.63) is 35.4 Å². The van der Waals surface area contributed by atoms with E-state index in [0.717, 1.165) is 6.54 Å². The Morgan fingerprint density at radius 3 is 2.56 bits per heavy atom. The van der Waals surface area contributed by atoms with E-state index in [2.05, 4.69) is 36.5 Å². The van der Waals surface area contributed by atoms with Crippen molar-refractivity contribution >= 4 is 0 Å². The summed E-state index contributed by atoms with van der Waals surface area (Å²) in [5, 5.41) is 3.53. The third-order valence-corrected chi connectivity index (χ3v) is 3.22. The van der Waals surface area contributed by atoms with Gasteiger partial charge in [0.05, 0.1) is 19.3 Å². The lowest BCUT2D eigenvalue weighted by molar-refractivity contribution is 0.0164. The van der Waals surface area contributed by atoms with E-state index in [4.69, 9.17) is 9.47 Å². The van der Waals surface area contributed by atoms with Crippen LogP contribution >= 0.6 is 0 Å². The average molecular weight is 249 g/mol. The van der Waals surface area contributed by atoms with Crippen molar-refractivity contribution in [2.45, 2.75) is 31.9 Å². The van der Waals surface area contributed by atoms with Crippen molar-refractivity contribution in [3.8, 4) is 0 Å². The number of ether oxygens (including phenoxy) is 2. The van der Waals surface area contributed by atoms with Gasteiger partial charge in [0, 0.05) is 19.7 Å². The second kappa shape index (κ2) is 6.88. The monoisotopic (exact) mass is 249 g/mol. The maximum absolute atomic E-state index is 5.90. The van der Waals surface area contributed by atoms with E-state index >= 15 is 0 Å². The van der Waals surface area contributed by atoms with Crippen LogP contribution in [0.2, 0.25) is 0 Å². The predicted molar refractivity (Wildman–Crippen MR) is 72.8 cm³/mol. The van der Waals surface area contributed by atoms with E-state index in [1.54, 1.807) is 7.11 Å². The molecule has 3 nitrogen and oxygen atoms in total. The standard InChI is InChI=1S/C15H23NO2/c1-12-3-5-13(6-4-12)15(18-10-9-17-2)11-16-14-7-8-14/h3-6,14-16H,7-11H2,1-2H3. The molecule has 1 atom stereocenters. The summed E-state index contributed by atoms with van der Waals surface area (Å²) in [7, 11) is 1.70. The normalized spacial score (nSPS) is 16.8. The van der Waals surface area contributed by atoms with Gasteiger partial charge in [-0.3, -0.25) is 0 Å². The average Bonchev–Trinajstić information content (AvgIpc) is 3.19. The van der Waals surface area contributed by atoms with Crippen LogP contribution in [0.15, 0.2) is 24.3 Å². The van der Waals surface area contributed by atoms with Crippen LogP contribution < -0.4 is 5.32 Å². The van der Waals surface area contributed by atoms with Gasteiger partial charge in [-0.2, -0.15) is 0 Å². The first-order valence-electron chi connectivity index (χ1n) is 6.70. The molecule has 1 saturated carbocycles. The summed E-state index contributed by atoms with van der Waals surface area (Å²) in [4.78, 5) is 0. The molecule has 1 N–H and O–H groups in total. The molecule has 3 heteroatoms. The third-order valence-electron chi connectivity index (χ3n) is 3.22. The van der Waals surface area contributed by atoms with Gasteiger partial charge < -0.3 is 14.8 Å². The van der Waals surface area contributed by atoms with Crippen molar-refractivity contribution in [3.63, 3.8) is 0 Å². The number of rotatable bonds is 8. The lowest BCUT2D eigenvalue weighted by atomic mass is 10.1. The van der Waals surface area contributed by atoms with Gasteiger partial charge in [-0.15, -0.1) is 0 Å². The molecular weight excluding hydrogens is 226 g/mol. The molecule has 1 aliphatic rings. The molecule has 1 unspecified atom stereocenters. The summed E-state index contributed by atoms with van der Waals surface area (Å²) in [6.45, 7) is 4.28. The number of hydrogen-bond donors (Lipinski definition) is 1. The molecule has 1 aromatic rings. The quantitative estimate of drug-likeness (QED) is 0.718. The van der Waals surface area contributed by atoms with Gasteiger partial charge in [0.15, 0.2) is 0 Å². The maximum Gasteiger partial charge on any atom is 0.0950 e. The second-order valence-electron chi connectivity index (χ2n) is 4.95. The number of aryl methyl sites for hydroxylation is 1. The second-order valence-corrected chi connectivity index (χ2v) is 4.95. The Balaban J connectivity index is 1.90. The number of benzene rings is 1. The smallest absolute Gasteiger partial charge is 0.0950 e. The zero-order valence-electron chi connectivity index (χ0n) is 11.3. The van der Waals surface area contributed by atoms with Gasteiger partial charge in [-0.25, -0.2) is 0 Å². The number of nitrogens with one attached hydrogen (secondary N) is 1. The van der Waals surface area contributed by atoms with E-state index in [1.165, 1.54) is 24.0 Å². The Hall–Kier alpha value is -0.900. The van der Waals surface area contributed by atoms with Crippen LogP contribution in [0.5, 0.6) is 0 Å². The van der Waals surface area contributed by atoms with Crippen LogP contribution in [0.25, 0.3) is 0 Å². The fraction of sp³-hybridized carbons (Fsp3) is 0.600. The minimum Gasteiger partial charge on any atom is -0.382 e. The van der Waals surface area contributed by atoms with Crippen LogP contribution in [0.3, 0.4) is 0 Å². The Morgan fingerprint density at radius 1 is 1.22 bits per heavy atom. The fourth-order valence-corrected chi connectivity index (χ4v) is 1.89. The fourth-order valence-electron chi connectivity index (χ4n) is 1.89. The van der Waals surface area contributed by atoms with Gasteiger partial charge in [0.25, 0.3) is 0 Å². The van der Waals surface area contributed by atoms with Crippen LogP contribution in [0.4, 0.5) is 0 Å². The molecule has 0 aliphatic heterocycles. The van der Waals surface area contributed by atoms with Crippen molar-refractivity contribution in [1.29, 1.82) is 0 Å². The molecule has 0 spiro atoms. The van der Waals surface area contributed by atoms with Crippen molar-refractivity contribution in [1.82, 2.24) is 5.32 Å². The third kappa shape index (κ3) is 4.41. The van der Waals surface area contributed by atoms with Crippen LogP contribution in [0.1, 0.15) is 30.1 Å². The van der Waals surface area contributed by atoms with Gasteiger partial charge in [0.1, 0.15) is 0 Å². The van der Waals surface area contributed by atoms with Gasteiger partial charge in [-0.05, 0) is 25.3 Å². The molecule has 0 amide bonds. The van der Waals surface area contributed by atoms with Crippen molar-refractivity contribution < 1.29 is 9.47 Å². The molecule has 1 fully saturated rings. The Kier molecular flexibility index (Phi) is 5.17. The summed E-state index contributed by atoms with van der Waals surface area (Å²) in [5.41, 5.74) is 2.52. The molecular formula is C15H23NO2. The first kappa shape index (κ1) is 13.5. The Labute approximate surface area is 109 Å². The molecule has 1 aliphatic carbocycles. The highest BCUT2D eigenvalue weighted by Gasteiger charge is 2.22. The summed E-state index contributed by atoms with van der Waals surface area (Å²) < 4.78 is 10.9. The van der Waals surface area contributed by atoms with Gasteiger partial charge in [0.2, 0.25) is 0 Å². The molecule has 0 heterocycles. The molecule has 0 saturated heterocycles. The van der Waals surface area contributed by atoms with Crippen LogP contribution in [0, 0.1) is 6.92 Å². The zero-order valence-corrected chi connectivity index (χ0v) is 11.3. The highest BCUT2D eigenvalue weighted by Crippen LogP contribution is 2.22. The van der Waals surface area contributed by atoms with Crippen molar-refractivity contribution in [2.75, 3.05) is 26.9 Å². The van der Waals surface area contributed by atoms with E-state index in [1.807, 2.05) is 0 Å². The minimum atomic E-state index is 0.126. The number of methoxy groups -OCH3 is 1. The first-order chi connectivity index (χ1) is 8.79. The molecule has 2 rings (SSSR count). The Morgan fingerprint density at radius 2 is 1.94 bits per heavy atom. The zero-order chi connectivity index (χ0) is 12.8. The number of hydrogen-bond acceptors (Lipinski definition) is 3. The maximum atomic E-state index is 5.90. The summed E-state index contributed by atoms with van der Waals surface area (Å²) in [5.74, 6) is 0. The lowest BCUT2D eigenvalue weighted by Gasteiger charge is -2.19. The van der Waals surface area contributed by atoms with E-state index in [0.29, 0.717) is 19.3 Å². The minimum absolute atomic E-state index is 0.126. The molecule has 18 heavy (non-hydrogen) atoms. The highest BCUT2D eigenvalue weighted by molar-refractivity contribution is 5.23. The molecule has 0 radical (unpaired) electrons. The molecule has 100 valence electrons. The molecule has 0 bridgehead atoms. The molecule has 1 aromatic carbocycles. The summed E-state index contributed by atoms with van der Waals surface area (Å²) >= 11 is 0. The first-order valence-corrected chi connectivity index (χ1v) is 6.70. The largest absolute Gasteiger partial charge is 0.382 e. The highest BCUT2D eigenvalue weighted by atomic mass is 16.5. The summed E-state index contributed by atoms with van der Waals surface area (Å²) in [6, 6.07) is 9.30.